The lowest BCUT2D eigenvalue weighted by Crippen LogP contribution is -2.50. The number of hydrogen-bond donors (Lipinski definition) is 0. The minimum atomic E-state index is -3.72. The molecule has 0 bridgehead atoms. The lowest BCUT2D eigenvalue weighted by Gasteiger charge is -2.34. The Morgan fingerprint density at radius 1 is 0.964 bits per heavy atom. The van der Waals surface area contributed by atoms with Gasteiger partial charge < -0.3 is 4.90 Å². The fourth-order valence-electron chi connectivity index (χ4n) is 3.12. The summed E-state index contributed by atoms with van der Waals surface area (Å²) >= 11 is 0. The number of hydrogen-bond acceptors (Lipinski definition) is 4. The molecule has 1 amide bonds. The van der Waals surface area contributed by atoms with Crippen LogP contribution in [-0.2, 0) is 10.0 Å². The molecule has 0 atom stereocenters. The van der Waals surface area contributed by atoms with Gasteiger partial charge in [-0.25, -0.2) is 12.8 Å². The zero-order valence-electron chi connectivity index (χ0n) is 15.7. The second-order valence-electron chi connectivity index (χ2n) is 6.76. The van der Waals surface area contributed by atoms with E-state index in [1.807, 2.05) is 0 Å². The molecule has 0 saturated carbocycles. The summed E-state index contributed by atoms with van der Waals surface area (Å²) in [6.45, 7) is 3.79. The van der Waals surface area contributed by atoms with E-state index in [9.17, 15) is 22.4 Å². The van der Waals surface area contributed by atoms with Crippen LogP contribution in [0.3, 0.4) is 0 Å². The van der Waals surface area contributed by atoms with Gasteiger partial charge in [-0.15, -0.1) is 0 Å². The van der Waals surface area contributed by atoms with E-state index in [1.54, 1.807) is 13.0 Å². The quantitative estimate of drug-likeness (QED) is 0.734. The topological polar surface area (TPSA) is 74.8 Å². The molecule has 148 valence electrons. The molecule has 1 aliphatic rings. The number of sulfonamides is 1. The smallest absolute Gasteiger partial charge is 0.256 e. The van der Waals surface area contributed by atoms with Crippen LogP contribution in [0.15, 0.2) is 47.4 Å². The first-order valence-corrected chi connectivity index (χ1v) is 10.3. The van der Waals surface area contributed by atoms with Crippen molar-refractivity contribution in [3.63, 3.8) is 0 Å². The Morgan fingerprint density at radius 3 is 2.14 bits per heavy atom. The molecule has 2 aromatic carbocycles. The Bertz CT molecular complexity index is 1010. The van der Waals surface area contributed by atoms with Crippen molar-refractivity contribution in [2.45, 2.75) is 18.7 Å². The molecule has 0 N–H and O–H groups in total. The molecule has 6 nitrogen and oxygen atoms in total. The van der Waals surface area contributed by atoms with Crippen LogP contribution in [0.5, 0.6) is 0 Å². The number of benzene rings is 2. The molecule has 0 spiro atoms. The summed E-state index contributed by atoms with van der Waals surface area (Å²) in [6, 6.07) is 10.1. The number of nitrogens with zero attached hydrogens (tertiary/aromatic N) is 2. The number of carbonyl (C=O) groups excluding carboxylic acids is 2. The van der Waals surface area contributed by atoms with Gasteiger partial charge in [-0.1, -0.05) is 23.8 Å². The fraction of sp³-hybridized carbons (Fsp3) is 0.300. The summed E-state index contributed by atoms with van der Waals surface area (Å²) < 4.78 is 40.9. The average molecular weight is 404 g/mol. The van der Waals surface area contributed by atoms with Crippen LogP contribution in [-0.4, -0.2) is 55.5 Å². The number of piperazine rings is 1. The molecule has 0 radical (unpaired) electrons. The zero-order chi connectivity index (χ0) is 20.5. The van der Waals surface area contributed by atoms with Crippen molar-refractivity contribution in [3.05, 3.63) is 65.0 Å². The largest absolute Gasteiger partial charge is 0.336 e. The molecule has 2 aromatic rings. The van der Waals surface area contributed by atoms with Gasteiger partial charge in [0.2, 0.25) is 10.0 Å². The molecular formula is C20H21FN2O4S. The minimum absolute atomic E-state index is 0.00358. The number of amides is 1. The zero-order valence-corrected chi connectivity index (χ0v) is 16.5. The van der Waals surface area contributed by atoms with Gasteiger partial charge in [0.15, 0.2) is 5.78 Å². The molecule has 0 aliphatic carbocycles. The molecule has 8 heteroatoms. The molecule has 0 aromatic heterocycles. The van der Waals surface area contributed by atoms with Crippen LogP contribution in [0.25, 0.3) is 0 Å². The number of aryl methyl sites for hydroxylation is 1. The predicted molar refractivity (Wildman–Crippen MR) is 102 cm³/mol. The lowest BCUT2D eigenvalue weighted by molar-refractivity contribution is 0.0693. The first-order valence-electron chi connectivity index (χ1n) is 8.87. The van der Waals surface area contributed by atoms with Gasteiger partial charge in [0.1, 0.15) is 5.82 Å². The maximum atomic E-state index is 14.0. The van der Waals surface area contributed by atoms with Gasteiger partial charge >= 0.3 is 0 Å². The number of ketones is 1. The highest BCUT2D eigenvalue weighted by Gasteiger charge is 2.31. The fourth-order valence-corrected chi connectivity index (χ4v) is 4.54. The summed E-state index contributed by atoms with van der Waals surface area (Å²) in [7, 11) is -3.72. The molecule has 1 fully saturated rings. The normalized spacial score (nSPS) is 15.5. The SMILES string of the molecule is CC(=O)c1ccc(S(=O)(=O)N2CCN(C(=O)c3cc(C)ccc3F)CC2)cc1. The number of Topliss-reactive ketones (excluding diaryl/α,β-unsaturated/α-hetero) is 1. The second kappa shape index (κ2) is 7.81. The van der Waals surface area contributed by atoms with Crippen molar-refractivity contribution in [1.82, 2.24) is 9.21 Å². The van der Waals surface area contributed by atoms with Crippen LogP contribution in [0, 0.1) is 12.7 Å². The summed E-state index contributed by atoms with van der Waals surface area (Å²) in [5, 5.41) is 0. The van der Waals surface area contributed by atoms with Crippen molar-refractivity contribution in [2.24, 2.45) is 0 Å². The Hall–Kier alpha value is -2.58. The van der Waals surface area contributed by atoms with E-state index in [-0.39, 0.29) is 42.4 Å². The second-order valence-corrected chi connectivity index (χ2v) is 8.70. The number of halogens is 1. The standard InChI is InChI=1S/C20H21FN2O4S/c1-14-3-8-19(21)18(13-14)20(25)22-9-11-23(12-10-22)28(26,27)17-6-4-16(5-7-17)15(2)24/h3-8,13H,9-12H2,1-2H3. The third-order valence-electron chi connectivity index (χ3n) is 4.78. The summed E-state index contributed by atoms with van der Waals surface area (Å²) in [4.78, 5) is 25.5. The number of rotatable bonds is 4. The van der Waals surface area contributed by atoms with Crippen molar-refractivity contribution in [2.75, 3.05) is 26.2 Å². The third kappa shape index (κ3) is 3.98. The highest BCUT2D eigenvalue weighted by molar-refractivity contribution is 7.89. The van der Waals surface area contributed by atoms with Gasteiger partial charge in [-0.3, -0.25) is 9.59 Å². The van der Waals surface area contributed by atoms with Gasteiger partial charge in [0, 0.05) is 31.7 Å². The lowest BCUT2D eigenvalue weighted by atomic mass is 10.1. The summed E-state index contributed by atoms with van der Waals surface area (Å²) in [5.41, 5.74) is 1.21. The van der Waals surface area contributed by atoms with Crippen LogP contribution in [0.2, 0.25) is 0 Å². The average Bonchev–Trinajstić information content (AvgIpc) is 2.69. The Labute approximate surface area is 163 Å². The van der Waals surface area contributed by atoms with E-state index in [0.717, 1.165) is 5.56 Å². The third-order valence-corrected chi connectivity index (χ3v) is 6.69. The Kier molecular flexibility index (Phi) is 5.62. The Balaban J connectivity index is 1.71. The van der Waals surface area contributed by atoms with Crippen molar-refractivity contribution < 1.29 is 22.4 Å². The van der Waals surface area contributed by atoms with E-state index in [2.05, 4.69) is 0 Å². The molecular weight excluding hydrogens is 383 g/mol. The monoisotopic (exact) mass is 404 g/mol. The van der Waals surface area contributed by atoms with Gasteiger partial charge in [0.25, 0.3) is 5.91 Å². The molecule has 1 aliphatic heterocycles. The van der Waals surface area contributed by atoms with Crippen LogP contribution in [0.1, 0.15) is 33.2 Å². The van der Waals surface area contributed by atoms with Crippen LogP contribution < -0.4 is 0 Å². The van der Waals surface area contributed by atoms with E-state index in [1.165, 1.54) is 52.5 Å². The van der Waals surface area contributed by atoms with Gasteiger partial charge in [-0.2, -0.15) is 4.31 Å². The maximum absolute atomic E-state index is 14.0. The minimum Gasteiger partial charge on any atom is -0.336 e. The molecule has 1 saturated heterocycles. The maximum Gasteiger partial charge on any atom is 0.256 e. The van der Waals surface area contributed by atoms with Crippen molar-refractivity contribution in [1.29, 1.82) is 0 Å². The van der Waals surface area contributed by atoms with Crippen LogP contribution >= 0.6 is 0 Å². The van der Waals surface area contributed by atoms with Gasteiger partial charge in [0.05, 0.1) is 10.5 Å². The highest BCUT2D eigenvalue weighted by atomic mass is 32.2. The van der Waals surface area contributed by atoms with E-state index in [0.29, 0.717) is 5.56 Å². The summed E-state index contributed by atoms with van der Waals surface area (Å²) in [5.74, 6) is -1.17. The van der Waals surface area contributed by atoms with E-state index >= 15 is 0 Å². The van der Waals surface area contributed by atoms with Crippen molar-refractivity contribution >= 4 is 21.7 Å². The van der Waals surface area contributed by atoms with E-state index in [4.69, 9.17) is 0 Å². The molecule has 0 unspecified atom stereocenters. The first-order chi connectivity index (χ1) is 13.2. The molecule has 28 heavy (non-hydrogen) atoms. The van der Waals surface area contributed by atoms with Crippen molar-refractivity contribution in [3.8, 4) is 0 Å². The number of carbonyl (C=O) groups is 2. The Morgan fingerprint density at radius 2 is 1.57 bits per heavy atom. The van der Waals surface area contributed by atoms with E-state index < -0.39 is 21.7 Å². The van der Waals surface area contributed by atoms with Gasteiger partial charge in [-0.05, 0) is 38.1 Å². The molecule has 3 rings (SSSR count). The summed E-state index contributed by atoms with van der Waals surface area (Å²) in [6.07, 6.45) is 0. The predicted octanol–water partition coefficient (Wildman–Crippen LogP) is 2.48. The molecule has 1 heterocycles. The highest BCUT2D eigenvalue weighted by Crippen LogP contribution is 2.20. The first kappa shape index (κ1) is 20.2. The van der Waals surface area contributed by atoms with Crippen LogP contribution in [0.4, 0.5) is 4.39 Å².